The quantitative estimate of drug-likeness (QED) is 0.0178. The van der Waals surface area contributed by atoms with Crippen molar-refractivity contribution < 1.29 is 129 Å². The van der Waals surface area contributed by atoms with Crippen molar-refractivity contribution in [2.24, 2.45) is 0 Å². The van der Waals surface area contributed by atoms with Crippen LogP contribution in [-0.2, 0) is 47.5 Å². The summed E-state index contributed by atoms with van der Waals surface area (Å²) in [5.41, 5.74) is -3.63. The van der Waals surface area contributed by atoms with E-state index in [1.807, 2.05) is 0 Å². The number of unbranched alkanes of at least 4 members (excludes halogenated alkanes) is 19. The van der Waals surface area contributed by atoms with E-state index in [9.17, 15) is 86.5 Å². The Morgan fingerprint density at radius 2 is 0.795 bits per heavy atom. The summed E-state index contributed by atoms with van der Waals surface area (Å²) in [5.74, 6) is -17.4. The van der Waals surface area contributed by atoms with Crippen molar-refractivity contribution in [1.29, 1.82) is 0 Å². The number of hydrogen-bond donors (Lipinski definition) is 16. The Kier molecular flexibility index (Phi) is 28.3. The Morgan fingerprint density at radius 1 is 0.423 bits per heavy atom. The maximum Gasteiger partial charge on any atom is 0.362 e. The molecule has 26 heteroatoms. The van der Waals surface area contributed by atoms with Gasteiger partial charge in [0, 0.05) is 12.8 Å². The summed E-state index contributed by atoms with van der Waals surface area (Å²) in [6.45, 7) is -3.57. The molecule has 26 nitrogen and oxygen atoms in total. The first-order chi connectivity index (χ1) is 37.2. The summed E-state index contributed by atoms with van der Waals surface area (Å²) in [6, 6.07) is 0. The fourth-order valence-electron chi connectivity index (χ4n) is 10.8. The first kappa shape index (κ1) is 68.6. The van der Waals surface area contributed by atoms with Crippen LogP contribution in [0.15, 0.2) is 0 Å². The van der Waals surface area contributed by atoms with Gasteiger partial charge in [0.25, 0.3) is 11.4 Å². The summed E-state index contributed by atoms with van der Waals surface area (Å²) >= 11 is 0. The minimum atomic E-state index is -3.85. The molecule has 0 aromatic carbocycles. The summed E-state index contributed by atoms with van der Waals surface area (Å²) < 4.78 is 47.4. The number of rotatable bonds is 37. The fourth-order valence-corrected chi connectivity index (χ4v) is 10.8. The van der Waals surface area contributed by atoms with Gasteiger partial charge in [-0.2, -0.15) is 0 Å². The molecule has 0 bridgehead atoms. The second kappa shape index (κ2) is 32.2. The lowest BCUT2D eigenvalue weighted by Gasteiger charge is -2.57. The predicted octanol–water partition coefficient (Wildman–Crippen LogP) is -2.24. The number of aliphatic hydroxyl groups is 16. The molecule has 0 aromatic heterocycles. The number of carbonyl (C=O) groups excluding carboxylic acids is 2. The van der Waals surface area contributed by atoms with Crippen molar-refractivity contribution in [1.82, 2.24) is 0 Å². The molecule has 0 spiro atoms. The lowest BCUT2D eigenvalue weighted by Crippen LogP contribution is -2.80. The zero-order chi connectivity index (χ0) is 57.9. The van der Waals surface area contributed by atoms with Gasteiger partial charge in [0.1, 0.15) is 92.6 Å². The van der Waals surface area contributed by atoms with Crippen LogP contribution in [0.2, 0.25) is 0 Å². The van der Waals surface area contributed by atoms with Crippen molar-refractivity contribution in [3.05, 3.63) is 0 Å². The Hall–Kier alpha value is -1.94. The molecule has 4 aliphatic heterocycles. The first-order valence-corrected chi connectivity index (χ1v) is 28.2. The lowest BCUT2D eigenvalue weighted by molar-refractivity contribution is -0.504. The summed E-state index contributed by atoms with van der Waals surface area (Å²) in [5, 5.41) is 178. The zero-order valence-corrected chi connectivity index (χ0v) is 45.3. The molecule has 0 aromatic rings. The van der Waals surface area contributed by atoms with Crippen LogP contribution in [-0.4, -0.2) is 248 Å². The molecule has 4 heterocycles. The highest BCUT2D eigenvalue weighted by molar-refractivity contribution is 5.85. The SMILES string of the molecule is CCCCCCCCCCCCCCC(OC(=O)CCCCCCCCCCC)(C(=O)O[C@@]1(OC2(CO)O[C@H](CO)[C@@H](O)[C@@H]2O)O[C@H](CO)[C@@H](O)[C@H](O)[C@H]1O)[C@@]1(OC2(CO)O[C@H](CO)[C@@H](O)[C@@H]2O)O[C@H](CO)[C@@H](O)[C@H](O)[C@H]1O. The molecule has 0 radical (unpaired) electrons. The van der Waals surface area contributed by atoms with Crippen molar-refractivity contribution in [2.45, 2.75) is 276 Å². The van der Waals surface area contributed by atoms with E-state index in [1.54, 1.807) is 0 Å². The third-order valence-corrected chi connectivity index (χ3v) is 15.6. The summed E-state index contributed by atoms with van der Waals surface area (Å²) in [6.07, 6.45) is -17.9. The standard InChI is InChI=1S/C52H94O26/c1-3-5-7-9-11-13-14-15-17-19-21-23-25-48(75-36(59)24-22-20-18-16-12-10-8-6-4-2,51(45(68)41(64)37(60)32(26-53)73-51)77-49(30-57)43(66)39(62)34(28-55)71-49)47(70)76-52(46(69)42(65)38(61)33(27-54)74-52)78-50(31-58)44(67)40(63)35(29-56)72-50/h32-35,37-46,53-58,60-69H,3-31H2,1-2H3/t32-,33-,34-,35-,37-,38-,39-,40-,41+,42+,43+,44+,45-,46-,48?,49?,50?,51-,52+/m1/s1. The molecule has 0 amide bonds. The monoisotopic (exact) mass is 1130 g/mol. The van der Waals surface area contributed by atoms with Gasteiger partial charge >= 0.3 is 17.9 Å². The minimum absolute atomic E-state index is 0.0991. The highest BCUT2D eigenvalue weighted by Gasteiger charge is 2.77. The van der Waals surface area contributed by atoms with Gasteiger partial charge in [0.05, 0.1) is 26.4 Å². The molecule has 4 fully saturated rings. The average molecular weight is 1140 g/mol. The van der Waals surface area contributed by atoms with E-state index < -0.39 is 179 Å². The smallest absolute Gasteiger partial charge is 0.362 e. The number of hydrogen-bond acceptors (Lipinski definition) is 26. The van der Waals surface area contributed by atoms with Gasteiger partial charge in [-0.05, 0) is 12.8 Å². The van der Waals surface area contributed by atoms with E-state index >= 15 is 4.79 Å². The molecule has 3 unspecified atom stereocenters. The Balaban J connectivity index is 1.98. The van der Waals surface area contributed by atoms with Gasteiger partial charge < -0.3 is 115 Å². The highest BCUT2D eigenvalue weighted by Crippen LogP contribution is 2.52. The van der Waals surface area contributed by atoms with Crippen LogP contribution in [0, 0.1) is 0 Å². The van der Waals surface area contributed by atoms with Crippen LogP contribution in [0.1, 0.15) is 162 Å². The Labute approximate surface area is 455 Å². The largest absolute Gasteiger partial charge is 0.441 e. The Bertz CT molecular complexity index is 1730. The zero-order valence-electron chi connectivity index (χ0n) is 45.3. The summed E-state index contributed by atoms with van der Waals surface area (Å²) in [4.78, 5) is 30.9. The maximum atomic E-state index is 16.2. The van der Waals surface area contributed by atoms with Crippen LogP contribution in [0.25, 0.3) is 0 Å². The van der Waals surface area contributed by atoms with Crippen molar-refractivity contribution in [2.75, 3.05) is 39.6 Å². The van der Waals surface area contributed by atoms with Crippen LogP contribution in [0.4, 0.5) is 0 Å². The predicted molar refractivity (Wildman–Crippen MR) is 268 cm³/mol. The van der Waals surface area contributed by atoms with Crippen LogP contribution in [0.3, 0.4) is 0 Å². The molecule has 19 atom stereocenters. The second-order valence-electron chi connectivity index (χ2n) is 21.4. The van der Waals surface area contributed by atoms with E-state index in [4.69, 9.17) is 37.9 Å². The number of ether oxygens (including phenoxy) is 8. The molecule has 0 saturated carbocycles. The average Bonchev–Trinajstić information content (AvgIpc) is 4.00. The van der Waals surface area contributed by atoms with Gasteiger partial charge in [0.15, 0.2) is 6.10 Å². The van der Waals surface area contributed by atoms with Gasteiger partial charge in [-0.15, -0.1) is 0 Å². The van der Waals surface area contributed by atoms with Crippen molar-refractivity contribution in [3.63, 3.8) is 0 Å². The first-order valence-electron chi connectivity index (χ1n) is 28.2. The van der Waals surface area contributed by atoms with Gasteiger partial charge in [-0.1, -0.05) is 136 Å². The number of aliphatic hydroxyl groups excluding tert-OH is 16. The van der Waals surface area contributed by atoms with Crippen LogP contribution >= 0.6 is 0 Å². The summed E-state index contributed by atoms with van der Waals surface area (Å²) in [7, 11) is 0. The van der Waals surface area contributed by atoms with E-state index in [1.165, 1.54) is 0 Å². The third-order valence-electron chi connectivity index (χ3n) is 15.6. The van der Waals surface area contributed by atoms with E-state index in [0.29, 0.717) is 25.7 Å². The van der Waals surface area contributed by atoms with Crippen LogP contribution in [0.5, 0.6) is 0 Å². The Morgan fingerprint density at radius 3 is 1.21 bits per heavy atom. The molecule has 4 saturated heterocycles. The number of esters is 2. The highest BCUT2D eigenvalue weighted by atomic mass is 16.9. The van der Waals surface area contributed by atoms with Crippen molar-refractivity contribution >= 4 is 11.9 Å². The van der Waals surface area contributed by atoms with Crippen LogP contribution < -0.4 is 0 Å². The van der Waals surface area contributed by atoms with Gasteiger partial charge in [0.2, 0.25) is 11.6 Å². The fraction of sp³-hybridized carbons (Fsp3) is 0.962. The lowest BCUT2D eigenvalue weighted by atomic mass is 9.77. The topological polar surface area (TPSA) is 432 Å². The molecule has 4 rings (SSSR count). The van der Waals surface area contributed by atoms with E-state index in [2.05, 4.69) is 13.8 Å². The molecular formula is C52H94O26. The molecule has 458 valence electrons. The maximum absolute atomic E-state index is 16.2. The van der Waals surface area contributed by atoms with E-state index in [0.717, 1.165) is 89.9 Å². The number of carbonyl (C=O) groups is 2. The van der Waals surface area contributed by atoms with E-state index in [-0.39, 0.29) is 19.3 Å². The molecule has 78 heavy (non-hydrogen) atoms. The normalized spacial score (nSPS) is 37.9. The second-order valence-corrected chi connectivity index (χ2v) is 21.4. The molecule has 0 aliphatic carbocycles. The van der Waals surface area contributed by atoms with Gasteiger partial charge in [-0.3, -0.25) is 9.53 Å². The molecular weight excluding hydrogens is 1040 g/mol. The minimum Gasteiger partial charge on any atom is -0.441 e. The molecule has 4 aliphatic rings. The molecule has 16 N–H and O–H groups in total. The van der Waals surface area contributed by atoms with Gasteiger partial charge in [-0.25, -0.2) is 4.79 Å². The third kappa shape index (κ3) is 15.6. The van der Waals surface area contributed by atoms with Crippen molar-refractivity contribution in [3.8, 4) is 0 Å².